The van der Waals surface area contributed by atoms with E-state index < -0.39 is 0 Å². The molecule has 2 fully saturated rings. The highest BCUT2D eigenvalue weighted by atomic mass is 16.2. The first-order chi connectivity index (χ1) is 8.22. The lowest BCUT2D eigenvalue weighted by molar-refractivity contribution is -0.123. The number of hydrogen-bond acceptors (Lipinski definition) is 3. The molecule has 0 spiro atoms. The fraction of sp³-hybridized carbons (Fsp3) is 0.923. The summed E-state index contributed by atoms with van der Waals surface area (Å²) in [6.07, 6.45) is 6.69. The standard InChI is InChI=1S/C13H25N3O/c1-2-5-10(14)13(17)15-11-7-9-16-8-4-3-6-12(11)16/h10-12H,2-9,14H2,1H3,(H,15,17)/t10-,11?,12?/m0/s1. The highest BCUT2D eigenvalue weighted by Gasteiger charge is 2.36. The number of rotatable bonds is 4. The van der Waals surface area contributed by atoms with Crippen molar-refractivity contribution in [3.8, 4) is 0 Å². The van der Waals surface area contributed by atoms with E-state index in [-0.39, 0.29) is 11.9 Å². The van der Waals surface area contributed by atoms with Crippen LogP contribution in [0.3, 0.4) is 0 Å². The van der Waals surface area contributed by atoms with Crippen molar-refractivity contribution in [1.82, 2.24) is 10.2 Å². The molecule has 0 aromatic rings. The van der Waals surface area contributed by atoms with E-state index in [9.17, 15) is 4.79 Å². The second-order valence-electron chi connectivity index (χ2n) is 5.40. The maximum Gasteiger partial charge on any atom is 0.237 e. The van der Waals surface area contributed by atoms with Crippen molar-refractivity contribution in [3.63, 3.8) is 0 Å². The summed E-state index contributed by atoms with van der Waals surface area (Å²) in [5.41, 5.74) is 5.85. The van der Waals surface area contributed by atoms with Gasteiger partial charge in [-0.05, 0) is 32.2 Å². The number of fused-ring (bicyclic) bond motifs is 1. The smallest absolute Gasteiger partial charge is 0.237 e. The molecular weight excluding hydrogens is 214 g/mol. The molecule has 4 heteroatoms. The van der Waals surface area contributed by atoms with Gasteiger partial charge in [0, 0.05) is 18.6 Å². The molecule has 2 saturated heterocycles. The maximum absolute atomic E-state index is 11.9. The van der Waals surface area contributed by atoms with Crippen molar-refractivity contribution < 1.29 is 4.79 Å². The van der Waals surface area contributed by atoms with Gasteiger partial charge in [0.2, 0.25) is 5.91 Å². The molecule has 2 unspecified atom stereocenters. The van der Waals surface area contributed by atoms with Crippen molar-refractivity contribution in [2.45, 2.75) is 63.6 Å². The van der Waals surface area contributed by atoms with Crippen molar-refractivity contribution >= 4 is 5.91 Å². The van der Waals surface area contributed by atoms with Gasteiger partial charge in [0.25, 0.3) is 0 Å². The minimum absolute atomic E-state index is 0.0456. The third kappa shape index (κ3) is 2.99. The molecule has 0 aromatic carbocycles. The molecule has 0 radical (unpaired) electrons. The van der Waals surface area contributed by atoms with Gasteiger partial charge in [0.05, 0.1) is 6.04 Å². The maximum atomic E-state index is 11.9. The highest BCUT2D eigenvalue weighted by molar-refractivity contribution is 5.81. The predicted molar refractivity (Wildman–Crippen MR) is 68.6 cm³/mol. The number of nitrogens with one attached hydrogen (secondary N) is 1. The number of hydrogen-bond donors (Lipinski definition) is 2. The van der Waals surface area contributed by atoms with Crippen LogP contribution in [0.2, 0.25) is 0 Å². The normalized spacial score (nSPS) is 30.9. The molecule has 0 bridgehead atoms. The summed E-state index contributed by atoms with van der Waals surface area (Å²) < 4.78 is 0. The van der Waals surface area contributed by atoms with Gasteiger partial charge in [0.15, 0.2) is 0 Å². The van der Waals surface area contributed by atoms with Gasteiger partial charge in [-0.2, -0.15) is 0 Å². The minimum atomic E-state index is -0.322. The second kappa shape index (κ2) is 5.83. The van der Waals surface area contributed by atoms with Gasteiger partial charge in [-0.1, -0.05) is 19.8 Å². The summed E-state index contributed by atoms with van der Waals surface area (Å²) in [6, 6.07) is 0.588. The van der Waals surface area contributed by atoms with Crippen LogP contribution < -0.4 is 11.1 Å². The summed E-state index contributed by atoms with van der Waals surface area (Å²) in [7, 11) is 0. The molecule has 0 aromatic heterocycles. The first-order valence-corrected chi connectivity index (χ1v) is 7.02. The Bertz CT molecular complexity index is 269. The molecule has 3 atom stereocenters. The lowest BCUT2D eigenvalue weighted by Gasteiger charge is -2.32. The van der Waals surface area contributed by atoms with E-state index in [0.717, 1.165) is 25.8 Å². The van der Waals surface area contributed by atoms with Crippen LogP contribution in [0, 0.1) is 0 Å². The zero-order chi connectivity index (χ0) is 12.3. The summed E-state index contributed by atoms with van der Waals surface area (Å²) >= 11 is 0. The number of nitrogens with two attached hydrogens (primary N) is 1. The Balaban J connectivity index is 1.84. The summed E-state index contributed by atoms with van der Waals surface area (Å²) in [6.45, 7) is 4.41. The first kappa shape index (κ1) is 12.8. The van der Waals surface area contributed by atoms with Crippen molar-refractivity contribution in [2.75, 3.05) is 13.1 Å². The number of nitrogens with zero attached hydrogens (tertiary/aromatic N) is 1. The third-order valence-electron chi connectivity index (χ3n) is 4.12. The number of carbonyl (C=O) groups is 1. The molecule has 2 rings (SSSR count). The Morgan fingerprint density at radius 1 is 1.41 bits per heavy atom. The van der Waals surface area contributed by atoms with Crippen LogP contribution in [0.25, 0.3) is 0 Å². The van der Waals surface area contributed by atoms with E-state index >= 15 is 0 Å². The molecule has 2 aliphatic rings. The zero-order valence-electron chi connectivity index (χ0n) is 10.8. The molecule has 2 aliphatic heterocycles. The monoisotopic (exact) mass is 239 g/mol. The van der Waals surface area contributed by atoms with Gasteiger partial charge < -0.3 is 11.1 Å². The van der Waals surface area contributed by atoms with Crippen molar-refractivity contribution in [2.24, 2.45) is 5.73 Å². The summed E-state index contributed by atoms with van der Waals surface area (Å²) in [5.74, 6) is 0.0456. The Hall–Kier alpha value is -0.610. The Labute approximate surface area is 104 Å². The van der Waals surface area contributed by atoms with E-state index in [1.807, 2.05) is 0 Å². The molecule has 98 valence electrons. The fourth-order valence-electron chi connectivity index (χ4n) is 3.15. The zero-order valence-corrected chi connectivity index (χ0v) is 10.8. The van der Waals surface area contributed by atoms with Crippen molar-refractivity contribution in [1.29, 1.82) is 0 Å². The highest BCUT2D eigenvalue weighted by Crippen LogP contribution is 2.27. The quantitative estimate of drug-likeness (QED) is 0.765. The van der Waals surface area contributed by atoms with Crippen LogP contribution in [0.4, 0.5) is 0 Å². The van der Waals surface area contributed by atoms with Crippen LogP contribution in [0.5, 0.6) is 0 Å². The average molecular weight is 239 g/mol. The fourth-order valence-corrected chi connectivity index (χ4v) is 3.15. The van der Waals surface area contributed by atoms with E-state index in [0.29, 0.717) is 12.1 Å². The molecule has 0 saturated carbocycles. The molecule has 2 heterocycles. The van der Waals surface area contributed by atoms with E-state index in [1.165, 1.54) is 25.8 Å². The number of carbonyl (C=O) groups excluding carboxylic acids is 1. The Morgan fingerprint density at radius 3 is 3.00 bits per heavy atom. The molecule has 3 N–H and O–H groups in total. The molecule has 4 nitrogen and oxygen atoms in total. The minimum Gasteiger partial charge on any atom is -0.350 e. The SMILES string of the molecule is CCC[C@H](N)C(=O)NC1CCN2CCCCC12. The predicted octanol–water partition coefficient (Wildman–Crippen LogP) is 0.857. The number of amides is 1. The first-order valence-electron chi connectivity index (χ1n) is 7.02. The van der Waals surface area contributed by atoms with E-state index in [1.54, 1.807) is 0 Å². The van der Waals surface area contributed by atoms with Crippen LogP contribution in [-0.4, -0.2) is 42.0 Å². The van der Waals surface area contributed by atoms with Crippen LogP contribution in [0.15, 0.2) is 0 Å². The lowest BCUT2D eigenvalue weighted by atomic mass is 9.98. The van der Waals surface area contributed by atoms with Gasteiger partial charge in [-0.15, -0.1) is 0 Å². The lowest BCUT2D eigenvalue weighted by Crippen LogP contribution is -2.51. The van der Waals surface area contributed by atoms with Gasteiger partial charge in [-0.25, -0.2) is 0 Å². The molecular formula is C13H25N3O. The second-order valence-corrected chi connectivity index (χ2v) is 5.40. The topological polar surface area (TPSA) is 58.4 Å². The largest absolute Gasteiger partial charge is 0.350 e. The van der Waals surface area contributed by atoms with Crippen LogP contribution in [-0.2, 0) is 4.79 Å². The Morgan fingerprint density at radius 2 is 2.24 bits per heavy atom. The number of piperidine rings is 1. The van der Waals surface area contributed by atoms with Crippen LogP contribution >= 0.6 is 0 Å². The van der Waals surface area contributed by atoms with E-state index in [4.69, 9.17) is 5.73 Å². The average Bonchev–Trinajstić information content (AvgIpc) is 2.73. The Kier molecular flexibility index (Phi) is 4.40. The summed E-state index contributed by atoms with van der Waals surface area (Å²) in [5, 5.41) is 3.16. The van der Waals surface area contributed by atoms with Gasteiger partial charge in [0.1, 0.15) is 0 Å². The molecule has 0 aliphatic carbocycles. The van der Waals surface area contributed by atoms with E-state index in [2.05, 4.69) is 17.1 Å². The van der Waals surface area contributed by atoms with Gasteiger partial charge >= 0.3 is 0 Å². The molecule has 17 heavy (non-hydrogen) atoms. The summed E-state index contributed by atoms with van der Waals surface area (Å²) in [4.78, 5) is 14.4. The molecule has 1 amide bonds. The third-order valence-corrected chi connectivity index (χ3v) is 4.12. The van der Waals surface area contributed by atoms with Crippen LogP contribution in [0.1, 0.15) is 45.4 Å². The van der Waals surface area contributed by atoms with Crippen molar-refractivity contribution in [3.05, 3.63) is 0 Å². The van der Waals surface area contributed by atoms with Gasteiger partial charge in [-0.3, -0.25) is 9.69 Å².